The molecule has 0 saturated carbocycles. The molecule has 0 bridgehead atoms. The summed E-state index contributed by atoms with van der Waals surface area (Å²) < 4.78 is 0. The normalized spacial score (nSPS) is 17.9. The number of nitrogens with zero attached hydrogens (tertiary/aromatic N) is 2. The summed E-state index contributed by atoms with van der Waals surface area (Å²) in [5.41, 5.74) is 2.16. The molecule has 1 unspecified atom stereocenters. The molecule has 0 aromatic heterocycles. The third-order valence-electron chi connectivity index (χ3n) is 4.93. The van der Waals surface area contributed by atoms with Gasteiger partial charge in [-0.25, -0.2) is 4.99 Å². The number of aliphatic imine (C=N–C) groups is 1. The molecule has 144 valence electrons. The summed E-state index contributed by atoms with van der Waals surface area (Å²) in [5.74, 6) is 0.971. The second-order valence-electron chi connectivity index (χ2n) is 7.99. The van der Waals surface area contributed by atoms with Crippen LogP contribution >= 0.6 is 0 Å². The van der Waals surface area contributed by atoms with Gasteiger partial charge >= 0.3 is 0 Å². The van der Waals surface area contributed by atoms with Crippen molar-refractivity contribution in [3.63, 3.8) is 0 Å². The molecule has 2 N–H and O–H groups in total. The van der Waals surface area contributed by atoms with E-state index in [1.165, 1.54) is 6.42 Å². The Balaban J connectivity index is 2.00. The van der Waals surface area contributed by atoms with Gasteiger partial charge in [0, 0.05) is 31.2 Å². The molecule has 1 aromatic rings. The average molecular weight is 359 g/mol. The molecular weight excluding hydrogens is 324 g/mol. The zero-order valence-electron chi connectivity index (χ0n) is 16.9. The number of likely N-dealkylation sites (tertiary alicyclic amines) is 1. The summed E-state index contributed by atoms with van der Waals surface area (Å²) in [7, 11) is 0. The maximum Gasteiger partial charge on any atom is 0.251 e. The third-order valence-corrected chi connectivity index (χ3v) is 4.93. The van der Waals surface area contributed by atoms with Crippen molar-refractivity contribution >= 4 is 11.9 Å². The molecule has 5 heteroatoms. The topological polar surface area (TPSA) is 56.7 Å². The molecule has 1 fully saturated rings. The van der Waals surface area contributed by atoms with Crippen molar-refractivity contribution in [1.82, 2.24) is 15.5 Å². The largest absolute Gasteiger partial charge is 0.357 e. The Morgan fingerprint density at radius 3 is 2.50 bits per heavy atom. The number of carbonyl (C=O) groups is 1. The molecule has 1 atom stereocenters. The summed E-state index contributed by atoms with van der Waals surface area (Å²) in [5, 5.41) is 6.40. The molecule has 1 aliphatic rings. The molecule has 1 amide bonds. The van der Waals surface area contributed by atoms with E-state index < -0.39 is 0 Å². The summed E-state index contributed by atoms with van der Waals surface area (Å²) in [4.78, 5) is 19.3. The van der Waals surface area contributed by atoms with Gasteiger partial charge < -0.3 is 15.5 Å². The van der Waals surface area contributed by atoms with E-state index in [-0.39, 0.29) is 11.9 Å². The number of hydrogen-bond acceptors (Lipinski definition) is 2. The highest BCUT2D eigenvalue weighted by Crippen LogP contribution is 2.28. The SMILES string of the molecule is CCNC(=NCc1ccc(C(=O)NC(C)CC)cc1)N1CCC(C)(C)C1. The fourth-order valence-corrected chi connectivity index (χ4v) is 3.06. The maximum atomic E-state index is 12.2. The molecule has 2 rings (SSSR count). The van der Waals surface area contributed by atoms with E-state index in [9.17, 15) is 4.79 Å². The number of guanidine groups is 1. The minimum atomic E-state index is -0.0120. The molecule has 1 saturated heterocycles. The number of nitrogens with one attached hydrogen (secondary N) is 2. The Labute approximate surface area is 158 Å². The number of amides is 1. The van der Waals surface area contributed by atoms with Crippen LogP contribution in [0.15, 0.2) is 29.3 Å². The van der Waals surface area contributed by atoms with Crippen LogP contribution in [0.3, 0.4) is 0 Å². The van der Waals surface area contributed by atoms with Crippen molar-refractivity contribution in [2.45, 2.75) is 60.0 Å². The van der Waals surface area contributed by atoms with Crippen LogP contribution < -0.4 is 10.6 Å². The highest BCUT2D eigenvalue weighted by molar-refractivity contribution is 5.94. The molecule has 1 aromatic carbocycles. The van der Waals surface area contributed by atoms with Crippen molar-refractivity contribution in [1.29, 1.82) is 0 Å². The second-order valence-corrected chi connectivity index (χ2v) is 7.99. The number of hydrogen-bond donors (Lipinski definition) is 2. The Hall–Kier alpha value is -2.04. The van der Waals surface area contributed by atoms with Gasteiger partial charge in [-0.15, -0.1) is 0 Å². The molecule has 1 heterocycles. The Kier molecular flexibility index (Phi) is 7.06. The van der Waals surface area contributed by atoms with Crippen molar-refractivity contribution in [3.8, 4) is 0 Å². The van der Waals surface area contributed by atoms with Crippen molar-refractivity contribution in [3.05, 3.63) is 35.4 Å². The zero-order valence-corrected chi connectivity index (χ0v) is 16.9. The van der Waals surface area contributed by atoms with E-state index in [1.54, 1.807) is 0 Å². The summed E-state index contributed by atoms with van der Waals surface area (Å²) in [6, 6.07) is 7.95. The third kappa shape index (κ3) is 5.75. The van der Waals surface area contributed by atoms with Gasteiger partial charge in [-0.3, -0.25) is 4.79 Å². The first-order chi connectivity index (χ1) is 12.3. The van der Waals surface area contributed by atoms with Crippen LogP contribution in [0.5, 0.6) is 0 Å². The molecule has 1 aliphatic heterocycles. The zero-order chi connectivity index (χ0) is 19.2. The average Bonchev–Trinajstić information content (AvgIpc) is 2.98. The molecule has 5 nitrogen and oxygen atoms in total. The van der Waals surface area contributed by atoms with Crippen LogP contribution in [0.25, 0.3) is 0 Å². The molecule has 0 spiro atoms. The summed E-state index contributed by atoms with van der Waals surface area (Å²) in [6.45, 7) is 14.4. The van der Waals surface area contributed by atoms with Crippen LogP contribution in [-0.4, -0.2) is 42.4 Å². The Morgan fingerprint density at radius 2 is 1.96 bits per heavy atom. The quantitative estimate of drug-likeness (QED) is 0.605. The predicted octanol–water partition coefficient (Wildman–Crippen LogP) is 3.41. The highest BCUT2D eigenvalue weighted by Gasteiger charge is 2.30. The fraction of sp³-hybridized carbons (Fsp3) is 0.619. The van der Waals surface area contributed by atoms with Crippen LogP contribution in [0.4, 0.5) is 0 Å². The minimum absolute atomic E-state index is 0.0120. The number of carbonyl (C=O) groups excluding carboxylic acids is 1. The lowest BCUT2D eigenvalue weighted by molar-refractivity contribution is 0.0939. The molecular formula is C21H34N4O. The molecule has 0 radical (unpaired) electrons. The van der Waals surface area contributed by atoms with E-state index >= 15 is 0 Å². The van der Waals surface area contributed by atoms with Crippen molar-refractivity contribution in [2.75, 3.05) is 19.6 Å². The van der Waals surface area contributed by atoms with Gasteiger partial charge in [0.25, 0.3) is 5.91 Å². The van der Waals surface area contributed by atoms with Gasteiger partial charge in [-0.2, -0.15) is 0 Å². The second kappa shape index (κ2) is 9.06. The first-order valence-electron chi connectivity index (χ1n) is 9.77. The first-order valence-corrected chi connectivity index (χ1v) is 9.77. The molecule has 0 aliphatic carbocycles. The monoisotopic (exact) mass is 358 g/mol. The lowest BCUT2D eigenvalue weighted by atomic mass is 9.93. The Bertz CT molecular complexity index is 621. The van der Waals surface area contributed by atoms with E-state index in [0.717, 1.165) is 37.6 Å². The number of rotatable bonds is 6. The summed E-state index contributed by atoms with van der Waals surface area (Å²) in [6.07, 6.45) is 2.12. The van der Waals surface area contributed by atoms with Crippen LogP contribution in [0.2, 0.25) is 0 Å². The van der Waals surface area contributed by atoms with Gasteiger partial charge in [0.2, 0.25) is 0 Å². The van der Waals surface area contributed by atoms with Gasteiger partial charge in [-0.05, 0) is 49.8 Å². The lowest BCUT2D eigenvalue weighted by Gasteiger charge is -2.23. The van der Waals surface area contributed by atoms with Gasteiger partial charge in [0.15, 0.2) is 5.96 Å². The van der Waals surface area contributed by atoms with E-state index in [4.69, 9.17) is 4.99 Å². The van der Waals surface area contributed by atoms with Crippen molar-refractivity contribution < 1.29 is 4.79 Å². The van der Waals surface area contributed by atoms with E-state index in [2.05, 4.69) is 43.2 Å². The lowest BCUT2D eigenvalue weighted by Crippen LogP contribution is -2.40. The summed E-state index contributed by atoms with van der Waals surface area (Å²) >= 11 is 0. The Morgan fingerprint density at radius 1 is 1.27 bits per heavy atom. The van der Waals surface area contributed by atoms with E-state index in [1.807, 2.05) is 31.2 Å². The standard InChI is InChI=1S/C21H34N4O/c1-6-16(3)24-19(26)18-10-8-17(9-11-18)14-23-20(22-7-2)25-13-12-21(4,5)15-25/h8-11,16H,6-7,12-15H2,1-5H3,(H,22,23)(H,24,26). The predicted molar refractivity (Wildman–Crippen MR) is 108 cm³/mol. The van der Waals surface area contributed by atoms with Gasteiger partial charge in [0.1, 0.15) is 0 Å². The van der Waals surface area contributed by atoms with Gasteiger partial charge in [-0.1, -0.05) is 32.9 Å². The van der Waals surface area contributed by atoms with Crippen LogP contribution in [-0.2, 0) is 6.54 Å². The fourth-order valence-electron chi connectivity index (χ4n) is 3.06. The highest BCUT2D eigenvalue weighted by atomic mass is 16.1. The van der Waals surface area contributed by atoms with E-state index in [0.29, 0.717) is 17.5 Å². The van der Waals surface area contributed by atoms with Crippen LogP contribution in [0.1, 0.15) is 63.4 Å². The smallest absolute Gasteiger partial charge is 0.251 e. The van der Waals surface area contributed by atoms with Crippen molar-refractivity contribution in [2.24, 2.45) is 10.4 Å². The van der Waals surface area contributed by atoms with Gasteiger partial charge in [0.05, 0.1) is 6.54 Å². The molecule has 26 heavy (non-hydrogen) atoms. The minimum Gasteiger partial charge on any atom is -0.357 e. The number of benzene rings is 1. The van der Waals surface area contributed by atoms with Crippen LogP contribution in [0, 0.1) is 5.41 Å². The first kappa shape index (κ1) is 20.3. The maximum absolute atomic E-state index is 12.2.